The van der Waals surface area contributed by atoms with Crippen LogP contribution in [-0.4, -0.2) is 83.4 Å². The predicted molar refractivity (Wildman–Crippen MR) is 116 cm³/mol. The van der Waals surface area contributed by atoms with Gasteiger partial charge in [0.15, 0.2) is 0 Å². The fraction of sp³-hybridized carbons (Fsp3) is 0.652. The molecule has 0 aliphatic rings. The van der Waals surface area contributed by atoms with Crippen LogP contribution < -0.4 is 5.32 Å². The third kappa shape index (κ3) is 6.19. The van der Waals surface area contributed by atoms with Gasteiger partial charge >= 0.3 is 65.4 Å². The molecule has 1 atom stereocenters. The molecule has 0 spiro atoms. The van der Waals surface area contributed by atoms with E-state index >= 15 is 0 Å². The van der Waals surface area contributed by atoms with E-state index in [1.165, 1.54) is 5.32 Å². The van der Waals surface area contributed by atoms with Crippen molar-refractivity contribution in [3.8, 4) is 0 Å². The Kier molecular flexibility index (Phi) is 11.2. The number of halogens is 23. The molecule has 1 N–H and O–H groups in total. The van der Waals surface area contributed by atoms with Gasteiger partial charge in [-0.05, 0) is 31.5 Å². The lowest BCUT2D eigenvalue weighted by molar-refractivity contribution is -0.478. The second-order valence-corrected chi connectivity index (χ2v) is 10.1. The van der Waals surface area contributed by atoms with Crippen LogP contribution in [0.15, 0.2) is 23.2 Å². The Morgan fingerprint density at radius 1 is 0.620 bits per heavy atom. The quantitative estimate of drug-likeness (QED) is 0.116. The average molecular weight is 786 g/mol. The number of alkyl halides is 23. The zero-order valence-corrected chi connectivity index (χ0v) is 23.5. The van der Waals surface area contributed by atoms with Gasteiger partial charge in [0.2, 0.25) is 6.08 Å². The van der Waals surface area contributed by atoms with Crippen LogP contribution in [0.3, 0.4) is 0 Å². The normalized spacial score (nSPS) is 15.8. The molecule has 0 fully saturated rings. The van der Waals surface area contributed by atoms with E-state index < -0.39 is 89.3 Å². The molecule has 0 saturated heterocycles. The average Bonchev–Trinajstić information content (AvgIpc) is 2.92. The molecule has 1 aromatic rings. The van der Waals surface area contributed by atoms with E-state index in [4.69, 9.17) is 0 Å². The van der Waals surface area contributed by atoms with E-state index in [9.17, 15) is 111 Å². The van der Waals surface area contributed by atoms with Crippen LogP contribution in [0.5, 0.6) is 0 Å². The van der Waals surface area contributed by atoms with Crippen LogP contribution in [-0.2, 0) is 4.79 Å². The molecule has 4 nitrogen and oxygen atoms in total. The first-order valence-electron chi connectivity index (χ1n) is 12.1. The SMILES string of the molecule is Cc1c(N=C=O)cccc1C(=O)NC(C)CC(F)(F)C(F)(F)C(F)(F)C(F)(F)C(F)(F)C(F)(F)C(F)(F)C(F)(F)C(F)(F)C(F)(F)C(F)(F)F. The first-order chi connectivity index (χ1) is 21.7. The number of amides is 1. The largest absolute Gasteiger partial charge is 0.460 e. The lowest BCUT2D eigenvalue weighted by atomic mass is 9.84. The molecule has 0 aliphatic heterocycles. The standard InChI is InChI=1S/C23H13F23N2O2/c1-8(48-12(50)10-4-3-5-11(9(10)2)47-7-49)6-13(24,25)14(26,27)15(28,29)16(30,31)17(32,33)18(34,35)19(36,37)20(38,39)21(40,41)22(42,43)23(44,45)46/h3-5,8H,6H2,1-2H3,(H,48,50). The van der Waals surface area contributed by atoms with E-state index in [0.29, 0.717) is 0 Å². The monoisotopic (exact) mass is 786 g/mol. The lowest BCUT2D eigenvalue weighted by Crippen LogP contribution is -2.77. The molecule has 1 unspecified atom stereocenters. The van der Waals surface area contributed by atoms with E-state index in [0.717, 1.165) is 31.2 Å². The maximum absolute atomic E-state index is 14.3. The Balaban J connectivity index is 3.63. The van der Waals surface area contributed by atoms with Gasteiger partial charge in [0.1, 0.15) is 0 Å². The minimum atomic E-state index is -9.48. The van der Waals surface area contributed by atoms with Crippen molar-refractivity contribution in [2.45, 2.75) is 91.7 Å². The molecule has 0 bridgehead atoms. The fourth-order valence-electron chi connectivity index (χ4n) is 3.69. The highest BCUT2D eigenvalue weighted by molar-refractivity contribution is 5.97. The van der Waals surface area contributed by atoms with Gasteiger partial charge in [0, 0.05) is 18.0 Å². The van der Waals surface area contributed by atoms with Crippen molar-refractivity contribution in [2.75, 3.05) is 0 Å². The number of benzene rings is 1. The van der Waals surface area contributed by atoms with Crippen molar-refractivity contribution in [1.29, 1.82) is 0 Å². The molecule has 0 aromatic heterocycles. The van der Waals surface area contributed by atoms with Gasteiger partial charge in [-0.15, -0.1) is 0 Å². The number of isocyanates is 1. The number of carbonyl (C=O) groups is 1. The molecular formula is C23H13F23N2O2. The molecule has 288 valence electrons. The molecule has 0 radical (unpaired) electrons. The summed E-state index contributed by atoms with van der Waals surface area (Å²) in [5.74, 6) is -90.1. The Labute approximate surface area is 260 Å². The Morgan fingerprint density at radius 2 is 0.960 bits per heavy atom. The number of hydrogen-bond acceptors (Lipinski definition) is 3. The van der Waals surface area contributed by atoms with Crippen LogP contribution >= 0.6 is 0 Å². The lowest BCUT2D eigenvalue weighted by Gasteiger charge is -2.45. The number of aliphatic imine (C=N–C) groups is 1. The number of nitrogens with one attached hydrogen (secondary N) is 1. The van der Waals surface area contributed by atoms with Crippen molar-refractivity contribution in [1.82, 2.24) is 5.32 Å². The second kappa shape index (κ2) is 12.6. The number of rotatable bonds is 14. The van der Waals surface area contributed by atoms with E-state index in [2.05, 4.69) is 4.99 Å². The number of hydrogen-bond donors (Lipinski definition) is 1. The topological polar surface area (TPSA) is 58.5 Å². The van der Waals surface area contributed by atoms with Gasteiger partial charge in [-0.1, -0.05) is 6.07 Å². The molecule has 0 aliphatic carbocycles. The van der Waals surface area contributed by atoms with Crippen molar-refractivity contribution in [3.05, 3.63) is 29.3 Å². The highest BCUT2D eigenvalue weighted by Crippen LogP contribution is 2.67. The minimum Gasteiger partial charge on any atom is -0.349 e. The summed E-state index contributed by atoms with van der Waals surface area (Å²) in [6.07, 6.45) is -10.2. The zero-order valence-electron chi connectivity index (χ0n) is 23.5. The van der Waals surface area contributed by atoms with Crippen LogP contribution in [0.25, 0.3) is 0 Å². The predicted octanol–water partition coefficient (Wildman–Crippen LogP) is 9.39. The highest BCUT2D eigenvalue weighted by Gasteiger charge is 2.98. The van der Waals surface area contributed by atoms with Crippen molar-refractivity contribution in [3.63, 3.8) is 0 Å². The summed E-state index contributed by atoms with van der Waals surface area (Å²) in [4.78, 5) is 25.8. The van der Waals surface area contributed by atoms with Gasteiger partial charge in [-0.2, -0.15) is 106 Å². The number of nitrogens with zero attached hydrogens (tertiary/aromatic N) is 1. The zero-order chi connectivity index (χ0) is 40.3. The van der Waals surface area contributed by atoms with Crippen LogP contribution in [0.4, 0.5) is 107 Å². The van der Waals surface area contributed by atoms with E-state index in [1.807, 2.05) is 0 Å². The summed E-state index contributed by atoms with van der Waals surface area (Å²) in [7, 11) is 0. The molecule has 50 heavy (non-hydrogen) atoms. The molecule has 1 rings (SSSR count). The van der Waals surface area contributed by atoms with E-state index in [-0.39, 0.29) is 18.2 Å². The van der Waals surface area contributed by atoms with Crippen LogP contribution in [0.2, 0.25) is 0 Å². The summed E-state index contributed by atoms with van der Waals surface area (Å²) >= 11 is 0. The van der Waals surface area contributed by atoms with Gasteiger partial charge in [0.05, 0.1) is 5.69 Å². The summed E-state index contributed by atoms with van der Waals surface area (Å²) in [5.41, 5.74) is -1.26. The molecule has 0 saturated carbocycles. The smallest absolute Gasteiger partial charge is 0.349 e. The van der Waals surface area contributed by atoms with Gasteiger partial charge < -0.3 is 5.32 Å². The summed E-state index contributed by atoms with van der Waals surface area (Å²) in [5, 5.41) is 1.36. The van der Waals surface area contributed by atoms with Crippen LogP contribution in [0, 0.1) is 6.92 Å². The Morgan fingerprint density at radius 3 is 1.30 bits per heavy atom. The summed E-state index contributed by atoms with van der Waals surface area (Å²) < 4.78 is 312. The first kappa shape index (κ1) is 44.5. The third-order valence-corrected chi connectivity index (χ3v) is 6.63. The van der Waals surface area contributed by atoms with Gasteiger partial charge in [0.25, 0.3) is 5.91 Å². The molecule has 1 aromatic carbocycles. The summed E-state index contributed by atoms with van der Waals surface area (Å²) in [6.45, 7) is 1.21. The first-order valence-corrected chi connectivity index (χ1v) is 12.1. The molecule has 27 heteroatoms. The van der Waals surface area contributed by atoms with Gasteiger partial charge in [-0.3, -0.25) is 4.79 Å². The third-order valence-electron chi connectivity index (χ3n) is 6.63. The maximum Gasteiger partial charge on any atom is 0.460 e. The summed E-state index contributed by atoms with van der Waals surface area (Å²) in [6, 6.07) is 0.140. The van der Waals surface area contributed by atoms with Crippen LogP contribution in [0.1, 0.15) is 29.3 Å². The Bertz CT molecular complexity index is 1480. The maximum atomic E-state index is 14.3. The molecule has 0 heterocycles. The van der Waals surface area contributed by atoms with Gasteiger partial charge in [-0.25, -0.2) is 4.79 Å². The Hall–Kier alpha value is -3.54. The second-order valence-electron chi connectivity index (χ2n) is 10.1. The minimum absolute atomic E-state index is 0.198. The fourth-order valence-corrected chi connectivity index (χ4v) is 3.69. The highest BCUT2D eigenvalue weighted by atomic mass is 19.4. The number of carbonyl (C=O) groups excluding carboxylic acids is 2. The molecule has 1 amide bonds. The van der Waals surface area contributed by atoms with Crippen molar-refractivity contribution < 1.29 is 111 Å². The van der Waals surface area contributed by atoms with Crippen molar-refractivity contribution >= 4 is 17.7 Å². The van der Waals surface area contributed by atoms with Crippen molar-refractivity contribution in [2.24, 2.45) is 4.99 Å². The molecular weight excluding hydrogens is 773 g/mol. The van der Waals surface area contributed by atoms with E-state index in [1.54, 1.807) is 0 Å².